The summed E-state index contributed by atoms with van der Waals surface area (Å²) in [5, 5.41) is 8.85. The molecule has 0 aliphatic heterocycles. The van der Waals surface area contributed by atoms with Crippen molar-refractivity contribution in [1.29, 1.82) is 0 Å². The zero-order chi connectivity index (χ0) is 14.5. The Kier molecular flexibility index (Phi) is 5.21. The van der Waals surface area contributed by atoms with Crippen LogP contribution >= 0.6 is 11.6 Å². The van der Waals surface area contributed by atoms with Crippen LogP contribution in [-0.4, -0.2) is 9.78 Å². The second-order valence-corrected chi connectivity index (χ2v) is 5.64. The van der Waals surface area contributed by atoms with Gasteiger partial charge in [0.25, 0.3) is 0 Å². The van der Waals surface area contributed by atoms with Crippen molar-refractivity contribution >= 4 is 11.6 Å². The van der Waals surface area contributed by atoms with E-state index >= 15 is 0 Å². The van der Waals surface area contributed by atoms with Crippen molar-refractivity contribution in [3.05, 3.63) is 52.8 Å². The lowest BCUT2D eigenvalue weighted by Gasteiger charge is -2.14. The highest BCUT2D eigenvalue weighted by Gasteiger charge is 2.08. The third-order valence-corrected chi connectivity index (χ3v) is 3.88. The molecule has 2 rings (SSSR count). The van der Waals surface area contributed by atoms with Gasteiger partial charge in [0.1, 0.15) is 0 Å². The first-order chi connectivity index (χ1) is 9.60. The summed E-state index contributed by atoms with van der Waals surface area (Å²) < 4.78 is 2.03. The fraction of sp³-hybridized carbons (Fsp3) is 0.438. The molecule has 0 bridgehead atoms. The van der Waals surface area contributed by atoms with Gasteiger partial charge in [-0.1, -0.05) is 30.7 Å². The van der Waals surface area contributed by atoms with Crippen molar-refractivity contribution in [3.63, 3.8) is 0 Å². The number of nitrogens with zero attached hydrogens (tertiary/aromatic N) is 2. The third-order valence-electron chi connectivity index (χ3n) is 3.64. The molecular weight excluding hydrogens is 270 g/mol. The van der Waals surface area contributed by atoms with Crippen LogP contribution in [-0.2, 0) is 6.54 Å². The molecule has 1 heterocycles. The van der Waals surface area contributed by atoms with Crippen molar-refractivity contribution < 1.29 is 0 Å². The molecule has 0 fully saturated rings. The minimum atomic E-state index is 0.252. The molecule has 2 unspecified atom stereocenters. The Balaban J connectivity index is 1.93. The van der Waals surface area contributed by atoms with Gasteiger partial charge in [-0.3, -0.25) is 4.68 Å². The molecule has 0 aliphatic carbocycles. The Bertz CT molecular complexity index is 550. The van der Waals surface area contributed by atoms with Crippen molar-refractivity contribution in [2.24, 2.45) is 0 Å². The SMILES string of the molecule is CCC(C)n1ccc(CNC(C)c2cccc(Cl)c2)n1. The summed E-state index contributed by atoms with van der Waals surface area (Å²) in [7, 11) is 0. The fourth-order valence-electron chi connectivity index (χ4n) is 2.06. The minimum Gasteiger partial charge on any atom is -0.304 e. The molecule has 0 radical (unpaired) electrons. The second-order valence-electron chi connectivity index (χ2n) is 5.20. The van der Waals surface area contributed by atoms with E-state index in [4.69, 9.17) is 11.6 Å². The van der Waals surface area contributed by atoms with Gasteiger partial charge in [-0.2, -0.15) is 5.10 Å². The van der Waals surface area contributed by atoms with Crippen LogP contribution < -0.4 is 5.32 Å². The van der Waals surface area contributed by atoms with Crippen LogP contribution in [0.1, 0.15) is 50.5 Å². The summed E-state index contributed by atoms with van der Waals surface area (Å²) in [5.41, 5.74) is 2.26. The maximum Gasteiger partial charge on any atom is 0.0762 e. The van der Waals surface area contributed by atoms with Gasteiger partial charge >= 0.3 is 0 Å². The molecule has 2 aromatic rings. The Morgan fingerprint density at radius 3 is 2.80 bits per heavy atom. The van der Waals surface area contributed by atoms with E-state index in [1.165, 1.54) is 5.56 Å². The number of hydrogen-bond acceptors (Lipinski definition) is 2. The molecule has 1 aromatic heterocycles. The van der Waals surface area contributed by atoms with E-state index in [0.717, 1.165) is 23.7 Å². The molecule has 0 aliphatic rings. The predicted molar refractivity (Wildman–Crippen MR) is 83.9 cm³/mol. The van der Waals surface area contributed by atoms with Crippen LogP contribution in [0.15, 0.2) is 36.5 Å². The van der Waals surface area contributed by atoms with Crippen molar-refractivity contribution in [3.8, 4) is 0 Å². The van der Waals surface area contributed by atoms with Crippen LogP contribution in [0.25, 0.3) is 0 Å². The predicted octanol–water partition coefficient (Wildman–Crippen LogP) is 4.36. The minimum absolute atomic E-state index is 0.252. The molecule has 0 saturated carbocycles. The first-order valence-corrected chi connectivity index (χ1v) is 7.50. The molecular formula is C16H22ClN3. The van der Waals surface area contributed by atoms with Gasteiger partial charge in [0.05, 0.1) is 5.69 Å². The standard InChI is InChI=1S/C16H22ClN3/c1-4-12(2)20-9-8-16(19-20)11-18-13(3)14-6-5-7-15(17)10-14/h5-10,12-13,18H,4,11H2,1-3H3. The lowest BCUT2D eigenvalue weighted by Crippen LogP contribution is -2.18. The molecule has 4 heteroatoms. The summed E-state index contributed by atoms with van der Waals surface area (Å²) in [5.74, 6) is 0. The van der Waals surface area contributed by atoms with Gasteiger partial charge in [0, 0.05) is 29.8 Å². The van der Waals surface area contributed by atoms with Crippen LogP contribution in [0.3, 0.4) is 0 Å². The Morgan fingerprint density at radius 2 is 2.10 bits per heavy atom. The number of hydrogen-bond donors (Lipinski definition) is 1. The highest BCUT2D eigenvalue weighted by molar-refractivity contribution is 6.30. The number of aromatic nitrogens is 2. The van der Waals surface area contributed by atoms with Gasteiger partial charge in [-0.15, -0.1) is 0 Å². The summed E-state index contributed by atoms with van der Waals surface area (Å²) in [6.07, 6.45) is 3.14. The van der Waals surface area contributed by atoms with E-state index in [2.05, 4.69) is 49.5 Å². The molecule has 2 atom stereocenters. The highest BCUT2D eigenvalue weighted by Crippen LogP contribution is 2.17. The van der Waals surface area contributed by atoms with E-state index in [9.17, 15) is 0 Å². The van der Waals surface area contributed by atoms with Crippen LogP contribution in [0.4, 0.5) is 0 Å². The topological polar surface area (TPSA) is 29.9 Å². The van der Waals surface area contributed by atoms with Gasteiger partial charge < -0.3 is 5.32 Å². The van der Waals surface area contributed by atoms with E-state index in [1.54, 1.807) is 0 Å². The number of halogens is 1. The fourth-order valence-corrected chi connectivity index (χ4v) is 2.25. The molecule has 0 saturated heterocycles. The van der Waals surface area contributed by atoms with Crippen molar-refractivity contribution in [2.45, 2.75) is 45.8 Å². The average Bonchev–Trinajstić information content (AvgIpc) is 2.92. The summed E-state index contributed by atoms with van der Waals surface area (Å²) in [4.78, 5) is 0. The average molecular weight is 292 g/mol. The number of rotatable bonds is 6. The summed E-state index contributed by atoms with van der Waals surface area (Å²) in [6.45, 7) is 7.25. The van der Waals surface area contributed by atoms with Crippen molar-refractivity contribution in [1.82, 2.24) is 15.1 Å². The molecule has 1 aromatic carbocycles. The first-order valence-electron chi connectivity index (χ1n) is 7.13. The van der Waals surface area contributed by atoms with E-state index in [1.807, 2.05) is 22.9 Å². The summed E-state index contributed by atoms with van der Waals surface area (Å²) >= 11 is 6.02. The normalized spacial score (nSPS) is 14.2. The quantitative estimate of drug-likeness (QED) is 0.857. The van der Waals surface area contributed by atoms with Crippen LogP contribution in [0.2, 0.25) is 5.02 Å². The van der Waals surface area contributed by atoms with Crippen molar-refractivity contribution in [2.75, 3.05) is 0 Å². The Labute approximate surface area is 126 Å². The Morgan fingerprint density at radius 1 is 1.30 bits per heavy atom. The maximum atomic E-state index is 6.02. The van der Waals surface area contributed by atoms with Gasteiger partial charge in [-0.05, 0) is 44.0 Å². The molecule has 0 amide bonds. The molecule has 20 heavy (non-hydrogen) atoms. The maximum absolute atomic E-state index is 6.02. The van der Waals surface area contributed by atoms with Crippen LogP contribution in [0, 0.1) is 0 Å². The molecule has 3 nitrogen and oxygen atoms in total. The molecule has 0 spiro atoms. The lowest BCUT2D eigenvalue weighted by atomic mass is 10.1. The number of nitrogens with one attached hydrogen (secondary N) is 1. The second kappa shape index (κ2) is 6.91. The third kappa shape index (κ3) is 3.84. The lowest BCUT2D eigenvalue weighted by molar-refractivity contribution is 0.468. The monoisotopic (exact) mass is 291 g/mol. The number of benzene rings is 1. The highest BCUT2D eigenvalue weighted by atomic mass is 35.5. The van der Waals surface area contributed by atoms with E-state index in [-0.39, 0.29) is 6.04 Å². The zero-order valence-electron chi connectivity index (χ0n) is 12.3. The van der Waals surface area contributed by atoms with E-state index < -0.39 is 0 Å². The van der Waals surface area contributed by atoms with Gasteiger partial charge in [0.2, 0.25) is 0 Å². The largest absolute Gasteiger partial charge is 0.304 e. The first kappa shape index (κ1) is 15.1. The van der Waals surface area contributed by atoms with Gasteiger partial charge in [-0.25, -0.2) is 0 Å². The molecule has 1 N–H and O–H groups in total. The van der Waals surface area contributed by atoms with E-state index in [0.29, 0.717) is 6.04 Å². The van der Waals surface area contributed by atoms with Crippen LogP contribution in [0.5, 0.6) is 0 Å². The smallest absolute Gasteiger partial charge is 0.0762 e. The van der Waals surface area contributed by atoms with Gasteiger partial charge in [0.15, 0.2) is 0 Å². The Hall–Kier alpha value is -1.32. The molecule has 108 valence electrons. The zero-order valence-corrected chi connectivity index (χ0v) is 13.1. The summed E-state index contributed by atoms with van der Waals surface area (Å²) in [6, 6.07) is 10.7.